The second-order valence-electron chi connectivity index (χ2n) is 4.32. The molecule has 0 bridgehead atoms. The molecule has 5 nitrogen and oxygen atoms in total. The lowest BCUT2D eigenvalue weighted by molar-refractivity contribution is 0.0928. The molecule has 0 aromatic heterocycles. The average Bonchev–Trinajstić information content (AvgIpc) is 3.09. The van der Waals surface area contributed by atoms with E-state index in [0.717, 1.165) is 12.8 Å². The maximum atomic E-state index is 11.9. The highest BCUT2D eigenvalue weighted by molar-refractivity contribution is 5.99. The Morgan fingerprint density at radius 2 is 2.00 bits per heavy atom. The van der Waals surface area contributed by atoms with E-state index in [2.05, 4.69) is 5.32 Å². The molecule has 0 heterocycles. The van der Waals surface area contributed by atoms with Crippen LogP contribution in [0.2, 0.25) is 0 Å². The second-order valence-corrected chi connectivity index (χ2v) is 4.32. The van der Waals surface area contributed by atoms with Gasteiger partial charge in [0, 0.05) is 12.6 Å². The Hall–Kier alpha value is -1.75. The van der Waals surface area contributed by atoms with Gasteiger partial charge in [0.05, 0.1) is 0 Å². The molecule has 1 unspecified atom stereocenters. The number of carbonyl (C=O) groups excluding carboxylic acids is 1. The molecule has 1 aliphatic carbocycles. The van der Waals surface area contributed by atoms with Crippen molar-refractivity contribution >= 4 is 5.91 Å². The number of phenolic OH excluding ortho intramolecular Hbond substituents is 2. The molecule has 0 radical (unpaired) electrons. The van der Waals surface area contributed by atoms with Gasteiger partial charge in [0.25, 0.3) is 5.91 Å². The number of nitrogens with two attached hydrogens (primary N) is 1. The number of carbonyl (C=O) groups is 1. The first-order chi connectivity index (χ1) is 8.13. The van der Waals surface area contributed by atoms with Crippen LogP contribution in [0.3, 0.4) is 0 Å². The fourth-order valence-corrected chi connectivity index (χ4v) is 1.87. The first kappa shape index (κ1) is 11.7. The van der Waals surface area contributed by atoms with Crippen LogP contribution in [0.25, 0.3) is 0 Å². The van der Waals surface area contributed by atoms with Crippen molar-refractivity contribution in [2.45, 2.75) is 18.9 Å². The minimum absolute atomic E-state index is 0.0819. The zero-order chi connectivity index (χ0) is 12.4. The fourth-order valence-electron chi connectivity index (χ4n) is 1.87. The molecule has 0 aliphatic heterocycles. The van der Waals surface area contributed by atoms with Gasteiger partial charge in [-0.25, -0.2) is 0 Å². The Balaban J connectivity index is 2.13. The first-order valence-electron chi connectivity index (χ1n) is 5.65. The van der Waals surface area contributed by atoms with Crippen molar-refractivity contribution in [3.8, 4) is 11.5 Å². The number of amides is 1. The number of aromatic hydroxyl groups is 2. The van der Waals surface area contributed by atoms with Crippen LogP contribution in [0, 0.1) is 5.92 Å². The molecule has 92 valence electrons. The fraction of sp³-hybridized carbons (Fsp3) is 0.417. The van der Waals surface area contributed by atoms with Crippen LogP contribution in [-0.4, -0.2) is 28.7 Å². The minimum atomic E-state index is -0.483. The van der Waals surface area contributed by atoms with E-state index >= 15 is 0 Å². The lowest BCUT2D eigenvalue weighted by Crippen LogP contribution is -2.41. The largest absolute Gasteiger partial charge is 0.507 e. The van der Waals surface area contributed by atoms with Gasteiger partial charge in [0.2, 0.25) is 0 Å². The van der Waals surface area contributed by atoms with Gasteiger partial charge in [-0.3, -0.25) is 4.79 Å². The number of benzene rings is 1. The zero-order valence-electron chi connectivity index (χ0n) is 9.39. The molecule has 1 aromatic carbocycles. The van der Waals surface area contributed by atoms with Crippen LogP contribution in [-0.2, 0) is 0 Å². The summed E-state index contributed by atoms with van der Waals surface area (Å²) in [6.45, 7) is 0.366. The second kappa shape index (κ2) is 4.63. The van der Waals surface area contributed by atoms with Gasteiger partial charge in [0.1, 0.15) is 17.1 Å². The third kappa shape index (κ3) is 2.50. The summed E-state index contributed by atoms with van der Waals surface area (Å²) in [6, 6.07) is 4.12. The molecule has 1 aromatic rings. The van der Waals surface area contributed by atoms with Gasteiger partial charge in [-0.1, -0.05) is 6.07 Å². The Bertz CT molecular complexity index is 410. The zero-order valence-corrected chi connectivity index (χ0v) is 9.39. The Kier molecular flexibility index (Phi) is 3.19. The third-order valence-electron chi connectivity index (χ3n) is 3.01. The number of rotatable bonds is 4. The Morgan fingerprint density at radius 1 is 1.41 bits per heavy atom. The highest BCUT2D eigenvalue weighted by Crippen LogP contribution is 2.33. The third-order valence-corrected chi connectivity index (χ3v) is 3.01. The predicted molar refractivity (Wildman–Crippen MR) is 62.8 cm³/mol. The van der Waals surface area contributed by atoms with Crippen LogP contribution >= 0.6 is 0 Å². The molecule has 2 rings (SSSR count). The summed E-state index contributed by atoms with van der Waals surface area (Å²) >= 11 is 0. The van der Waals surface area contributed by atoms with E-state index < -0.39 is 5.91 Å². The Labute approximate surface area is 99.3 Å². The molecule has 1 aliphatic rings. The molecule has 5 N–H and O–H groups in total. The summed E-state index contributed by atoms with van der Waals surface area (Å²) in [5.74, 6) is -0.511. The summed E-state index contributed by atoms with van der Waals surface area (Å²) in [5.41, 5.74) is 5.49. The van der Waals surface area contributed by atoms with E-state index in [-0.39, 0.29) is 23.1 Å². The van der Waals surface area contributed by atoms with E-state index in [0.29, 0.717) is 12.5 Å². The average molecular weight is 236 g/mol. The van der Waals surface area contributed by atoms with E-state index in [1.54, 1.807) is 0 Å². The van der Waals surface area contributed by atoms with Crippen LogP contribution in [0.15, 0.2) is 18.2 Å². The van der Waals surface area contributed by atoms with E-state index in [1.807, 2.05) is 0 Å². The van der Waals surface area contributed by atoms with Crippen LogP contribution in [0.5, 0.6) is 11.5 Å². The van der Waals surface area contributed by atoms with E-state index in [9.17, 15) is 15.0 Å². The molecule has 0 spiro atoms. The molecule has 0 saturated heterocycles. The number of nitrogens with one attached hydrogen (secondary N) is 1. The van der Waals surface area contributed by atoms with Gasteiger partial charge in [0.15, 0.2) is 0 Å². The molecule has 1 amide bonds. The number of hydrogen-bond donors (Lipinski definition) is 4. The van der Waals surface area contributed by atoms with Gasteiger partial charge in [-0.05, 0) is 30.9 Å². The van der Waals surface area contributed by atoms with Gasteiger partial charge in [-0.2, -0.15) is 0 Å². The topological polar surface area (TPSA) is 95.6 Å². The Morgan fingerprint density at radius 3 is 2.47 bits per heavy atom. The molecule has 1 fully saturated rings. The predicted octanol–water partition coefficient (Wildman–Crippen LogP) is 0.565. The van der Waals surface area contributed by atoms with Crippen molar-refractivity contribution in [3.63, 3.8) is 0 Å². The van der Waals surface area contributed by atoms with Gasteiger partial charge >= 0.3 is 0 Å². The lowest BCUT2D eigenvalue weighted by Gasteiger charge is -2.16. The smallest absolute Gasteiger partial charge is 0.259 e. The molecule has 1 saturated carbocycles. The van der Waals surface area contributed by atoms with Crippen molar-refractivity contribution in [1.29, 1.82) is 0 Å². The van der Waals surface area contributed by atoms with E-state index in [4.69, 9.17) is 5.73 Å². The normalized spacial score (nSPS) is 16.5. The van der Waals surface area contributed by atoms with Gasteiger partial charge < -0.3 is 21.3 Å². The van der Waals surface area contributed by atoms with Crippen molar-refractivity contribution in [1.82, 2.24) is 5.32 Å². The monoisotopic (exact) mass is 236 g/mol. The summed E-state index contributed by atoms with van der Waals surface area (Å²) in [6.07, 6.45) is 2.13. The van der Waals surface area contributed by atoms with Crippen molar-refractivity contribution in [2.75, 3.05) is 6.54 Å². The van der Waals surface area contributed by atoms with Gasteiger partial charge in [-0.15, -0.1) is 0 Å². The van der Waals surface area contributed by atoms with Crippen LogP contribution in [0.4, 0.5) is 0 Å². The molecular formula is C12H16N2O3. The molecular weight excluding hydrogens is 220 g/mol. The number of hydrogen-bond acceptors (Lipinski definition) is 4. The van der Waals surface area contributed by atoms with Crippen molar-refractivity contribution in [2.24, 2.45) is 11.7 Å². The summed E-state index contributed by atoms with van der Waals surface area (Å²) in [4.78, 5) is 11.9. The quantitative estimate of drug-likeness (QED) is 0.614. The maximum Gasteiger partial charge on any atom is 0.259 e. The maximum absolute atomic E-state index is 11.9. The molecule has 5 heteroatoms. The molecule has 17 heavy (non-hydrogen) atoms. The highest BCUT2D eigenvalue weighted by atomic mass is 16.3. The van der Waals surface area contributed by atoms with Crippen molar-refractivity contribution in [3.05, 3.63) is 23.8 Å². The summed E-state index contributed by atoms with van der Waals surface area (Å²) < 4.78 is 0. The van der Waals surface area contributed by atoms with Crippen LogP contribution < -0.4 is 11.1 Å². The lowest BCUT2D eigenvalue weighted by atomic mass is 10.1. The van der Waals surface area contributed by atoms with E-state index in [1.165, 1.54) is 18.2 Å². The SMILES string of the molecule is NCC(NC(=O)c1c(O)cccc1O)C1CC1. The standard InChI is InChI=1S/C12H16N2O3/c13-6-8(7-4-5-7)14-12(17)11-9(15)2-1-3-10(11)16/h1-3,7-8,15-16H,4-6,13H2,(H,14,17). The minimum Gasteiger partial charge on any atom is -0.507 e. The van der Waals surface area contributed by atoms with Crippen LogP contribution in [0.1, 0.15) is 23.2 Å². The number of phenols is 2. The highest BCUT2D eigenvalue weighted by Gasteiger charge is 2.32. The molecule has 1 atom stereocenters. The summed E-state index contributed by atoms with van der Waals surface area (Å²) in [5, 5.41) is 21.8. The van der Waals surface area contributed by atoms with Crippen molar-refractivity contribution < 1.29 is 15.0 Å². The summed E-state index contributed by atoms with van der Waals surface area (Å²) in [7, 11) is 0. The first-order valence-corrected chi connectivity index (χ1v) is 5.65.